The Hall–Kier alpha value is -3.17. The van der Waals surface area contributed by atoms with Crippen molar-refractivity contribution in [1.82, 2.24) is 9.97 Å². The Bertz CT molecular complexity index is 1140. The normalized spacial score (nSPS) is 12.1. The van der Waals surface area contributed by atoms with Crippen LogP contribution in [0.3, 0.4) is 0 Å². The lowest BCUT2D eigenvalue weighted by Crippen LogP contribution is -1.98. The minimum atomic E-state index is -0.917. The number of fused-ring (bicyclic) bond motifs is 1. The van der Waals surface area contributed by atoms with Crippen molar-refractivity contribution in [2.75, 3.05) is 0 Å². The first-order chi connectivity index (χ1) is 14.9. The molecule has 0 fully saturated rings. The maximum Gasteiger partial charge on any atom is 0.307 e. The second kappa shape index (κ2) is 10.2. The molecule has 0 saturated heterocycles. The highest BCUT2D eigenvalue weighted by Crippen LogP contribution is 2.26. The van der Waals surface area contributed by atoms with Crippen LogP contribution in [-0.2, 0) is 11.2 Å². The molecular formula is C25H27N2O3P. The van der Waals surface area contributed by atoms with Crippen molar-refractivity contribution in [3.05, 3.63) is 78.6 Å². The summed E-state index contributed by atoms with van der Waals surface area (Å²) in [5.41, 5.74) is 5.03. The van der Waals surface area contributed by atoms with E-state index in [2.05, 4.69) is 50.1 Å². The fraction of sp³-hybridized carbons (Fsp3) is 0.200. The Labute approximate surface area is 184 Å². The van der Waals surface area contributed by atoms with Crippen LogP contribution >= 0.6 is 9.24 Å². The van der Waals surface area contributed by atoms with Crippen LogP contribution in [0.15, 0.2) is 73.0 Å². The van der Waals surface area contributed by atoms with Crippen molar-refractivity contribution in [1.29, 1.82) is 0 Å². The highest BCUT2D eigenvalue weighted by Gasteiger charge is 2.11. The molecule has 0 bridgehead atoms. The highest BCUT2D eigenvalue weighted by molar-refractivity contribution is 7.28. The van der Waals surface area contributed by atoms with Crippen molar-refractivity contribution < 1.29 is 14.6 Å². The van der Waals surface area contributed by atoms with E-state index in [9.17, 15) is 4.79 Å². The van der Waals surface area contributed by atoms with Crippen molar-refractivity contribution in [3.63, 3.8) is 0 Å². The molecule has 0 spiro atoms. The van der Waals surface area contributed by atoms with E-state index >= 15 is 0 Å². The van der Waals surface area contributed by atoms with Crippen LogP contribution in [0.2, 0.25) is 0 Å². The first-order valence-corrected chi connectivity index (χ1v) is 10.7. The zero-order chi connectivity index (χ0) is 22.4. The summed E-state index contributed by atoms with van der Waals surface area (Å²) in [6.07, 6.45) is 7.87. The monoisotopic (exact) mass is 434 g/mol. The van der Waals surface area contributed by atoms with Crippen LogP contribution in [0.5, 0.6) is 6.01 Å². The molecule has 31 heavy (non-hydrogen) atoms. The van der Waals surface area contributed by atoms with Gasteiger partial charge in [-0.3, -0.25) is 4.79 Å². The molecule has 3 aromatic rings. The second-order valence-electron chi connectivity index (χ2n) is 7.60. The smallest absolute Gasteiger partial charge is 0.307 e. The summed E-state index contributed by atoms with van der Waals surface area (Å²) in [4.78, 5) is 18.7. The number of carbonyl (C=O) groups is 1. The van der Waals surface area contributed by atoms with Crippen LogP contribution in [0.1, 0.15) is 25.8 Å². The molecule has 0 radical (unpaired) electrons. The van der Waals surface area contributed by atoms with Gasteiger partial charge < -0.3 is 14.8 Å². The van der Waals surface area contributed by atoms with Gasteiger partial charge in [-0.15, -0.1) is 15.8 Å². The summed E-state index contributed by atoms with van der Waals surface area (Å²) in [5, 5.41) is 10.0. The Balaban J connectivity index is 1.90. The molecule has 5 nitrogen and oxygen atoms in total. The topological polar surface area (TPSA) is 75.2 Å². The minimum Gasteiger partial charge on any atom is -0.481 e. The van der Waals surface area contributed by atoms with Crippen molar-refractivity contribution in [2.45, 2.75) is 26.7 Å². The van der Waals surface area contributed by atoms with Gasteiger partial charge in [0.1, 0.15) is 5.76 Å². The van der Waals surface area contributed by atoms with Gasteiger partial charge in [0.15, 0.2) is 0 Å². The van der Waals surface area contributed by atoms with Crippen molar-refractivity contribution in [3.8, 4) is 17.1 Å². The number of aromatic amines is 1. The quantitative estimate of drug-likeness (QED) is 0.204. The minimum absolute atomic E-state index is 0.125. The number of benzene rings is 2. The summed E-state index contributed by atoms with van der Waals surface area (Å²) in [6.45, 7) is 7.86. The average Bonchev–Trinajstić information content (AvgIpc) is 3.11. The van der Waals surface area contributed by atoms with Crippen LogP contribution in [0, 0.1) is 5.92 Å². The molecule has 1 unspecified atom stereocenters. The van der Waals surface area contributed by atoms with E-state index < -0.39 is 5.97 Å². The molecule has 2 aromatic carbocycles. The molecule has 160 valence electrons. The third kappa shape index (κ3) is 6.16. The number of hydrogen-bond donors (Lipinski definition) is 2. The maximum absolute atomic E-state index is 10.9. The zero-order valence-corrected chi connectivity index (χ0v) is 18.9. The number of rotatable bonds is 9. The number of nitrogens with one attached hydrogen (secondary N) is 1. The summed E-state index contributed by atoms with van der Waals surface area (Å²) in [7, 11) is 2.77. The molecule has 1 aromatic heterocycles. The maximum atomic E-state index is 10.9. The molecule has 0 aliphatic rings. The highest BCUT2D eigenvalue weighted by atomic mass is 31.0. The summed E-state index contributed by atoms with van der Waals surface area (Å²) in [6, 6.07) is 12.8. The summed E-state index contributed by atoms with van der Waals surface area (Å²) in [5.74, 6) is -0.160. The lowest BCUT2D eigenvalue weighted by atomic mass is 10.0. The van der Waals surface area contributed by atoms with E-state index in [-0.39, 0.29) is 6.42 Å². The van der Waals surface area contributed by atoms with Crippen LogP contribution < -0.4 is 10.0 Å². The fourth-order valence-corrected chi connectivity index (χ4v) is 3.47. The van der Waals surface area contributed by atoms with E-state index in [0.29, 0.717) is 17.7 Å². The molecule has 1 heterocycles. The zero-order valence-electron chi connectivity index (χ0n) is 17.8. The number of nitrogens with zero attached hydrogens (tertiary/aromatic N) is 1. The lowest BCUT2D eigenvalue weighted by Gasteiger charge is -2.07. The third-order valence-corrected chi connectivity index (χ3v) is 5.09. The number of allylic oxidation sites excluding steroid dienone is 3. The third-order valence-electron chi connectivity index (χ3n) is 4.61. The molecule has 0 saturated carbocycles. The number of carboxylic acids is 1. The Morgan fingerprint density at radius 3 is 2.68 bits per heavy atom. The molecule has 2 N–H and O–H groups in total. The number of carboxylic acid groups (broad SMARTS) is 1. The van der Waals surface area contributed by atoms with Crippen molar-refractivity contribution in [2.24, 2.45) is 5.92 Å². The largest absolute Gasteiger partial charge is 0.481 e. The molecule has 6 heteroatoms. The Morgan fingerprint density at radius 1 is 1.29 bits per heavy atom. The number of hydrogen-bond acceptors (Lipinski definition) is 3. The molecule has 0 aliphatic carbocycles. The molecular weight excluding hydrogens is 407 g/mol. The molecule has 1 atom stereocenters. The number of imidazole rings is 1. The predicted octanol–water partition coefficient (Wildman–Crippen LogP) is 5.41. The number of ether oxygens (including phenoxy) is 1. The summed E-state index contributed by atoms with van der Waals surface area (Å²) >= 11 is 0. The molecule has 0 amide bonds. The van der Waals surface area contributed by atoms with E-state index in [0.717, 1.165) is 33.9 Å². The number of aliphatic carboxylic acids is 1. The lowest BCUT2D eigenvalue weighted by molar-refractivity contribution is -0.136. The van der Waals surface area contributed by atoms with Gasteiger partial charge >= 0.3 is 5.97 Å². The van der Waals surface area contributed by atoms with E-state index in [4.69, 9.17) is 9.84 Å². The van der Waals surface area contributed by atoms with Gasteiger partial charge in [-0.2, -0.15) is 4.98 Å². The molecule has 0 aliphatic heterocycles. The van der Waals surface area contributed by atoms with Crippen molar-refractivity contribution >= 4 is 31.5 Å². The van der Waals surface area contributed by atoms with Gasteiger partial charge in [0.25, 0.3) is 6.01 Å². The van der Waals surface area contributed by atoms with Gasteiger partial charge in [0, 0.05) is 0 Å². The Kier molecular flexibility index (Phi) is 7.43. The summed E-state index contributed by atoms with van der Waals surface area (Å²) < 4.78 is 5.86. The van der Waals surface area contributed by atoms with E-state index in [1.165, 1.54) is 11.6 Å². The number of aromatic nitrogens is 2. The van der Waals surface area contributed by atoms with Crippen LogP contribution in [-0.4, -0.2) is 21.0 Å². The standard InChI is InChI=1S/C25H27N2O3P/c1-4-5-17-7-9-18(10-8-17)20-14-21-22(15-23(20)31)27-25(26-21)30-19(11-6-16(2)3)12-13-24(28)29/h4,6-12,14-16H,1,5,13,31H2,2-3H3,(H,26,27)(H,28,29)/b11-6-,19-12+. The fourth-order valence-electron chi connectivity index (χ4n) is 3.07. The Morgan fingerprint density at radius 2 is 2.03 bits per heavy atom. The van der Waals surface area contributed by atoms with Gasteiger partial charge in [-0.05, 0) is 58.6 Å². The molecule has 3 rings (SSSR count). The van der Waals surface area contributed by atoms with Gasteiger partial charge in [0.2, 0.25) is 0 Å². The van der Waals surface area contributed by atoms with Crippen LogP contribution in [0.4, 0.5) is 0 Å². The second-order valence-corrected chi connectivity index (χ2v) is 8.22. The SMILES string of the molecule is C=CCc1ccc(-c2cc3[nH]c(OC(/C=C\C(C)C)=C/CC(=O)O)nc3cc2P)cc1. The van der Waals surface area contributed by atoms with Crippen LogP contribution in [0.25, 0.3) is 22.2 Å². The predicted molar refractivity (Wildman–Crippen MR) is 130 cm³/mol. The van der Waals surface area contributed by atoms with Gasteiger partial charge in [-0.1, -0.05) is 50.3 Å². The number of H-pyrrole nitrogens is 1. The first kappa shape index (κ1) is 22.5. The average molecular weight is 434 g/mol. The van der Waals surface area contributed by atoms with Gasteiger partial charge in [0.05, 0.1) is 17.5 Å². The van der Waals surface area contributed by atoms with E-state index in [1.54, 1.807) is 6.08 Å². The first-order valence-electron chi connectivity index (χ1n) is 10.1. The van der Waals surface area contributed by atoms with Gasteiger partial charge in [-0.25, -0.2) is 0 Å². The van der Waals surface area contributed by atoms with E-state index in [1.807, 2.05) is 38.1 Å².